The minimum absolute atomic E-state index is 0.00289. The van der Waals surface area contributed by atoms with Crippen LogP contribution in [0.5, 0.6) is 0 Å². The number of hydrogen-bond acceptors (Lipinski definition) is 8. The lowest BCUT2D eigenvalue weighted by Crippen LogP contribution is -2.37. The van der Waals surface area contributed by atoms with E-state index >= 15 is 0 Å². The van der Waals surface area contributed by atoms with Crippen LogP contribution in [0.25, 0.3) is 0 Å². The van der Waals surface area contributed by atoms with Crippen LogP contribution in [0, 0.1) is 0 Å². The first kappa shape index (κ1) is 32.3. The van der Waals surface area contributed by atoms with Crippen LogP contribution in [0.2, 0.25) is 0 Å². The number of carbonyl (C=O) groups is 1. The van der Waals surface area contributed by atoms with Crippen molar-refractivity contribution < 1.29 is 42.0 Å². The Morgan fingerprint density at radius 2 is 1.42 bits per heavy atom. The molecule has 0 aliphatic rings. The maximum absolute atomic E-state index is 12.0. The molecule has 0 saturated carbocycles. The Kier molecular flexibility index (Phi) is 19.2. The number of rotatable bonds is 22. The molecule has 0 spiro atoms. The number of quaternary nitrogens is 1. The first-order valence-electron chi connectivity index (χ1n) is 12.4. The lowest BCUT2D eigenvalue weighted by Gasteiger charge is -2.28. The molecule has 198 valence electrons. The van der Waals surface area contributed by atoms with Crippen LogP contribution in [0.1, 0.15) is 78.1 Å². The Labute approximate surface area is 201 Å². The molecular weight excluding hydrogens is 449 g/mol. The van der Waals surface area contributed by atoms with Gasteiger partial charge < -0.3 is 32.6 Å². The lowest BCUT2D eigenvalue weighted by atomic mass is 10.1. The predicted molar refractivity (Wildman–Crippen MR) is 127 cm³/mol. The van der Waals surface area contributed by atoms with E-state index in [-0.39, 0.29) is 26.4 Å². The number of ether oxygens (including phenoxy) is 3. The van der Waals surface area contributed by atoms with Gasteiger partial charge in [-0.1, -0.05) is 64.7 Å². The fourth-order valence-electron chi connectivity index (χ4n) is 2.95. The molecule has 0 aliphatic carbocycles. The number of likely N-dealkylation sites (N-methyl/N-ethyl adjacent to an activating group) is 1. The molecule has 0 fully saturated rings. The first-order valence-corrected chi connectivity index (χ1v) is 13.9. The highest BCUT2D eigenvalue weighted by Crippen LogP contribution is 2.38. The van der Waals surface area contributed by atoms with E-state index in [2.05, 4.69) is 6.92 Å². The van der Waals surface area contributed by atoms with Gasteiger partial charge in [0.2, 0.25) is 0 Å². The van der Waals surface area contributed by atoms with Crippen molar-refractivity contribution in [2.45, 2.75) is 84.2 Å². The zero-order valence-electron chi connectivity index (χ0n) is 21.6. The average molecular weight is 498 g/mol. The third-order valence-electron chi connectivity index (χ3n) is 4.90. The molecule has 0 saturated heterocycles. The topological polar surface area (TPSA) is 103 Å². The van der Waals surface area contributed by atoms with E-state index in [9.17, 15) is 14.3 Å². The zero-order chi connectivity index (χ0) is 25.0. The third-order valence-corrected chi connectivity index (χ3v) is 5.87. The summed E-state index contributed by atoms with van der Waals surface area (Å²) in [5.74, 6) is 0. The van der Waals surface area contributed by atoms with Gasteiger partial charge in [0, 0.05) is 6.61 Å². The summed E-state index contributed by atoms with van der Waals surface area (Å²) in [5, 5.41) is 0. The average Bonchev–Trinajstić information content (AvgIpc) is 2.71. The van der Waals surface area contributed by atoms with Crippen molar-refractivity contribution in [2.24, 2.45) is 0 Å². The van der Waals surface area contributed by atoms with Crippen molar-refractivity contribution in [2.75, 3.05) is 60.7 Å². The molecule has 0 radical (unpaired) electrons. The Bertz CT molecular complexity index is 527. The normalized spacial score (nSPS) is 14.6. The smallest absolute Gasteiger partial charge is 0.508 e. The SMILES string of the molecule is CCCCCCCCCCCCOCC(COP(=O)([O-])OCC[N+](C)(C)C)OC(=O)OCC. The van der Waals surface area contributed by atoms with E-state index in [0.29, 0.717) is 17.6 Å². The third kappa shape index (κ3) is 22.8. The molecule has 0 aromatic rings. The van der Waals surface area contributed by atoms with Gasteiger partial charge in [0.1, 0.15) is 13.2 Å². The second kappa shape index (κ2) is 19.6. The highest BCUT2D eigenvalue weighted by molar-refractivity contribution is 7.45. The van der Waals surface area contributed by atoms with Crippen molar-refractivity contribution in [1.29, 1.82) is 0 Å². The number of carbonyl (C=O) groups excluding carboxylic acids is 1. The molecule has 9 nitrogen and oxygen atoms in total. The Morgan fingerprint density at radius 3 is 1.97 bits per heavy atom. The van der Waals surface area contributed by atoms with E-state index in [1.807, 2.05) is 21.1 Å². The van der Waals surface area contributed by atoms with Crippen molar-refractivity contribution in [3.05, 3.63) is 0 Å². The second-order valence-corrected chi connectivity index (χ2v) is 10.7. The summed E-state index contributed by atoms with van der Waals surface area (Å²) >= 11 is 0. The molecule has 2 atom stereocenters. The van der Waals surface area contributed by atoms with Gasteiger partial charge in [-0.05, 0) is 13.3 Å². The largest absolute Gasteiger partial charge is 0.756 e. The summed E-state index contributed by atoms with van der Waals surface area (Å²) < 4.78 is 37.8. The Morgan fingerprint density at radius 1 is 0.848 bits per heavy atom. The van der Waals surface area contributed by atoms with E-state index < -0.39 is 20.1 Å². The van der Waals surface area contributed by atoms with Gasteiger partial charge in [0.25, 0.3) is 7.82 Å². The first-order chi connectivity index (χ1) is 15.6. The van der Waals surface area contributed by atoms with Crippen LogP contribution in [0.15, 0.2) is 0 Å². The molecule has 0 heterocycles. The number of hydrogen-bond donors (Lipinski definition) is 0. The molecule has 0 aromatic carbocycles. The van der Waals surface area contributed by atoms with Gasteiger partial charge in [-0.2, -0.15) is 0 Å². The molecule has 10 heteroatoms. The summed E-state index contributed by atoms with van der Waals surface area (Å²) in [5.41, 5.74) is 0. The standard InChI is InChI=1S/C23H48NO8P/c1-6-8-9-10-11-12-13-14-15-16-18-28-20-22(32-23(25)29-7-2)21-31-33(26,27)30-19-17-24(3,4)5/h22H,6-21H2,1-5H3. The summed E-state index contributed by atoms with van der Waals surface area (Å²) in [6.07, 6.45) is 10.5. The monoisotopic (exact) mass is 497 g/mol. The minimum Gasteiger partial charge on any atom is -0.756 e. The lowest BCUT2D eigenvalue weighted by molar-refractivity contribution is -0.870. The molecule has 2 unspecified atom stereocenters. The predicted octanol–water partition coefficient (Wildman–Crippen LogP) is 4.67. The maximum atomic E-state index is 12.0. The highest BCUT2D eigenvalue weighted by atomic mass is 31.2. The van der Waals surface area contributed by atoms with Gasteiger partial charge >= 0.3 is 6.16 Å². The van der Waals surface area contributed by atoms with E-state index in [4.69, 9.17) is 23.3 Å². The summed E-state index contributed by atoms with van der Waals surface area (Å²) in [6.45, 7) is 4.68. The summed E-state index contributed by atoms with van der Waals surface area (Å²) in [4.78, 5) is 23.6. The van der Waals surface area contributed by atoms with Crippen molar-refractivity contribution in [3.8, 4) is 0 Å². The number of unbranched alkanes of at least 4 members (excludes halogenated alkanes) is 9. The number of phosphoric ester groups is 1. The van der Waals surface area contributed by atoms with Gasteiger partial charge in [-0.3, -0.25) is 4.57 Å². The molecule has 0 amide bonds. The Balaban J connectivity index is 4.13. The quantitative estimate of drug-likeness (QED) is 0.0920. The van der Waals surface area contributed by atoms with Crippen molar-refractivity contribution >= 4 is 14.0 Å². The number of nitrogens with zero attached hydrogens (tertiary/aromatic N) is 1. The minimum atomic E-state index is -4.51. The van der Waals surface area contributed by atoms with E-state index in [1.165, 1.54) is 51.4 Å². The maximum Gasteiger partial charge on any atom is 0.508 e. The molecule has 0 aliphatic heterocycles. The molecule has 0 aromatic heterocycles. The Hall–Kier alpha value is -0.700. The zero-order valence-corrected chi connectivity index (χ0v) is 22.4. The molecule has 0 N–H and O–H groups in total. The van der Waals surface area contributed by atoms with Crippen LogP contribution < -0.4 is 4.89 Å². The second-order valence-electron chi connectivity index (χ2n) is 9.27. The van der Waals surface area contributed by atoms with Crippen LogP contribution in [-0.2, 0) is 27.8 Å². The van der Waals surface area contributed by atoms with E-state index in [1.54, 1.807) is 6.92 Å². The van der Waals surface area contributed by atoms with Crippen LogP contribution >= 0.6 is 7.82 Å². The summed E-state index contributed by atoms with van der Waals surface area (Å²) in [6, 6.07) is 0. The van der Waals surface area contributed by atoms with E-state index in [0.717, 1.165) is 12.8 Å². The van der Waals surface area contributed by atoms with Gasteiger partial charge in [0.05, 0.1) is 41.0 Å². The van der Waals surface area contributed by atoms with Crippen LogP contribution in [0.3, 0.4) is 0 Å². The molecule has 0 bridgehead atoms. The van der Waals surface area contributed by atoms with Crippen molar-refractivity contribution in [3.63, 3.8) is 0 Å². The van der Waals surface area contributed by atoms with Crippen LogP contribution in [-0.4, -0.2) is 77.5 Å². The van der Waals surface area contributed by atoms with Gasteiger partial charge in [-0.15, -0.1) is 0 Å². The fourth-order valence-corrected chi connectivity index (χ4v) is 3.68. The van der Waals surface area contributed by atoms with Gasteiger partial charge in [-0.25, -0.2) is 4.79 Å². The van der Waals surface area contributed by atoms with Crippen molar-refractivity contribution in [1.82, 2.24) is 0 Å². The van der Waals surface area contributed by atoms with Crippen LogP contribution in [0.4, 0.5) is 4.79 Å². The number of phosphoric acid groups is 1. The van der Waals surface area contributed by atoms with Gasteiger partial charge in [0.15, 0.2) is 6.10 Å². The molecular formula is C23H48NO8P. The molecule has 33 heavy (non-hydrogen) atoms. The fraction of sp³-hybridized carbons (Fsp3) is 0.957. The summed E-state index contributed by atoms with van der Waals surface area (Å²) in [7, 11) is 1.27. The molecule has 0 rings (SSSR count). The highest BCUT2D eigenvalue weighted by Gasteiger charge is 2.20.